The van der Waals surface area contributed by atoms with Crippen LogP contribution in [0.25, 0.3) is 0 Å². The Kier molecular flexibility index (Phi) is 4.79. The molecule has 2 N–H and O–H groups in total. The van der Waals surface area contributed by atoms with Gasteiger partial charge in [-0.25, -0.2) is 8.78 Å². The van der Waals surface area contributed by atoms with Gasteiger partial charge >= 0.3 is 0 Å². The van der Waals surface area contributed by atoms with E-state index in [2.05, 4.69) is 0 Å². The van der Waals surface area contributed by atoms with Crippen molar-refractivity contribution in [1.29, 1.82) is 0 Å². The summed E-state index contributed by atoms with van der Waals surface area (Å²) in [5, 5.41) is 0. The quantitative estimate of drug-likeness (QED) is 0.782. The van der Waals surface area contributed by atoms with Crippen molar-refractivity contribution in [3.05, 3.63) is 47.0 Å². The van der Waals surface area contributed by atoms with Crippen molar-refractivity contribution in [3.63, 3.8) is 0 Å². The first-order chi connectivity index (χ1) is 7.71. The van der Waals surface area contributed by atoms with E-state index in [9.17, 15) is 13.6 Å². The number of nitrogens with two attached hydrogens (primary N) is 1. The predicted molar refractivity (Wildman–Crippen MR) is 58.4 cm³/mol. The van der Waals surface area contributed by atoms with Gasteiger partial charge in [-0.05, 0) is 30.0 Å². The summed E-state index contributed by atoms with van der Waals surface area (Å²) in [4.78, 5) is 10.4. The van der Waals surface area contributed by atoms with Crippen LogP contribution in [0.2, 0.25) is 0 Å². The molecule has 0 spiro atoms. The Morgan fingerprint density at radius 1 is 1.44 bits per heavy atom. The normalized spacial score (nSPS) is 11.6. The number of hydrogen-bond donors (Lipinski definition) is 1. The zero-order chi connectivity index (χ0) is 12.0. The fourth-order valence-electron chi connectivity index (χ4n) is 1.34. The van der Waals surface area contributed by atoms with Gasteiger partial charge in [-0.2, -0.15) is 0 Å². The van der Waals surface area contributed by atoms with Crippen molar-refractivity contribution in [1.82, 2.24) is 0 Å². The molecule has 4 heteroatoms. The molecule has 0 atom stereocenters. The molecule has 0 aliphatic heterocycles. The van der Waals surface area contributed by atoms with Gasteiger partial charge in [0.05, 0.1) is 6.33 Å². The summed E-state index contributed by atoms with van der Waals surface area (Å²) in [6.45, 7) is 0.130. The summed E-state index contributed by atoms with van der Waals surface area (Å²) in [5.41, 5.74) is 6.48. The molecule has 1 rings (SSSR count). The number of aldehydes is 1. The second-order valence-corrected chi connectivity index (χ2v) is 3.44. The van der Waals surface area contributed by atoms with E-state index in [0.29, 0.717) is 42.2 Å². The van der Waals surface area contributed by atoms with Gasteiger partial charge in [-0.1, -0.05) is 12.1 Å². The minimum Gasteiger partial charge on any atom is -0.327 e. The molecule has 0 heterocycles. The standard InChI is InChI=1S/C12H13F2NO/c13-6-10(7-15)2-4-11-3-1-9(8-16)5-12(11)14/h1,3,5-6,8H,2,4,7,15H2/b10-6+. The molecule has 1 aromatic rings. The van der Waals surface area contributed by atoms with Gasteiger partial charge in [0.15, 0.2) is 0 Å². The maximum atomic E-state index is 13.4. The molecular weight excluding hydrogens is 212 g/mol. The van der Waals surface area contributed by atoms with Crippen LogP contribution in [0.5, 0.6) is 0 Å². The van der Waals surface area contributed by atoms with Crippen LogP contribution in [-0.4, -0.2) is 12.8 Å². The third-order valence-electron chi connectivity index (χ3n) is 2.35. The van der Waals surface area contributed by atoms with Gasteiger partial charge in [-0.3, -0.25) is 4.79 Å². The largest absolute Gasteiger partial charge is 0.327 e. The van der Waals surface area contributed by atoms with Crippen LogP contribution < -0.4 is 5.73 Å². The van der Waals surface area contributed by atoms with E-state index in [1.165, 1.54) is 18.2 Å². The highest BCUT2D eigenvalue weighted by Gasteiger charge is 2.04. The number of aryl methyl sites for hydroxylation is 1. The Balaban J connectivity index is 2.71. The van der Waals surface area contributed by atoms with E-state index in [0.717, 1.165) is 0 Å². The van der Waals surface area contributed by atoms with Crippen LogP contribution in [0.15, 0.2) is 30.1 Å². The highest BCUT2D eigenvalue weighted by atomic mass is 19.1. The number of halogens is 2. The molecule has 16 heavy (non-hydrogen) atoms. The summed E-state index contributed by atoms with van der Waals surface area (Å²) in [5.74, 6) is -0.445. The Labute approximate surface area is 92.8 Å². The zero-order valence-electron chi connectivity index (χ0n) is 8.75. The number of carbonyl (C=O) groups is 1. The van der Waals surface area contributed by atoms with Gasteiger partial charge in [0, 0.05) is 12.1 Å². The van der Waals surface area contributed by atoms with Gasteiger partial charge in [0.2, 0.25) is 0 Å². The first-order valence-electron chi connectivity index (χ1n) is 4.93. The van der Waals surface area contributed by atoms with E-state index < -0.39 is 5.82 Å². The van der Waals surface area contributed by atoms with Crippen LogP contribution in [0.1, 0.15) is 22.3 Å². The molecule has 0 aromatic heterocycles. The highest BCUT2D eigenvalue weighted by molar-refractivity contribution is 5.74. The summed E-state index contributed by atoms with van der Waals surface area (Å²) < 4.78 is 25.6. The predicted octanol–water partition coefficient (Wildman–Crippen LogP) is 2.38. The van der Waals surface area contributed by atoms with Gasteiger partial charge in [0.1, 0.15) is 12.1 Å². The smallest absolute Gasteiger partial charge is 0.150 e. The van der Waals surface area contributed by atoms with Crippen LogP contribution in [0.4, 0.5) is 8.78 Å². The average Bonchev–Trinajstić information content (AvgIpc) is 2.32. The Morgan fingerprint density at radius 3 is 2.69 bits per heavy atom. The Hall–Kier alpha value is -1.55. The van der Waals surface area contributed by atoms with Crippen molar-refractivity contribution >= 4 is 6.29 Å². The van der Waals surface area contributed by atoms with E-state index in [4.69, 9.17) is 5.73 Å². The van der Waals surface area contributed by atoms with Gasteiger partial charge in [0.25, 0.3) is 0 Å². The SMILES string of the molecule is NC/C(=C/F)CCc1ccc(C=O)cc1F. The zero-order valence-corrected chi connectivity index (χ0v) is 8.75. The summed E-state index contributed by atoms with van der Waals surface area (Å²) in [6.07, 6.45) is 1.79. The lowest BCUT2D eigenvalue weighted by atomic mass is 10.0. The van der Waals surface area contributed by atoms with E-state index in [-0.39, 0.29) is 6.54 Å². The molecule has 0 aliphatic carbocycles. The Bertz CT molecular complexity index is 402. The van der Waals surface area contributed by atoms with Crippen LogP contribution in [0, 0.1) is 5.82 Å². The van der Waals surface area contributed by atoms with Crippen molar-refractivity contribution in [2.24, 2.45) is 5.73 Å². The lowest BCUT2D eigenvalue weighted by Gasteiger charge is -2.05. The Morgan fingerprint density at radius 2 is 2.19 bits per heavy atom. The van der Waals surface area contributed by atoms with Crippen molar-refractivity contribution in [2.45, 2.75) is 12.8 Å². The summed E-state index contributed by atoms with van der Waals surface area (Å²) >= 11 is 0. The van der Waals surface area contributed by atoms with Crippen molar-refractivity contribution < 1.29 is 13.6 Å². The van der Waals surface area contributed by atoms with E-state index in [1.54, 1.807) is 0 Å². The summed E-state index contributed by atoms with van der Waals surface area (Å²) in [6, 6.07) is 4.24. The molecule has 86 valence electrons. The second-order valence-electron chi connectivity index (χ2n) is 3.44. The highest BCUT2D eigenvalue weighted by Crippen LogP contribution is 2.14. The van der Waals surface area contributed by atoms with Crippen LogP contribution in [-0.2, 0) is 6.42 Å². The van der Waals surface area contributed by atoms with Gasteiger partial charge < -0.3 is 5.73 Å². The molecule has 0 radical (unpaired) electrons. The minimum atomic E-state index is -0.445. The first kappa shape index (κ1) is 12.5. The van der Waals surface area contributed by atoms with Crippen LogP contribution in [0.3, 0.4) is 0 Å². The molecule has 0 saturated carbocycles. The monoisotopic (exact) mass is 225 g/mol. The fourth-order valence-corrected chi connectivity index (χ4v) is 1.34. The molecule has 0 aliphatic rings. The molecule has 0 amide bonds. The molecular formula is C12H13F2NO. The maximum Gasteiger partial charge on any atom is 0.150 e. The topological polar surface area (TPSA) is 43.1 Å². The van der Waals surface area contributed by atoms with Crippen LogP contribution >= 0.6 is 0 Å². The molecule has 1 aromatic carbocycles. The summed E-state index contributed by atoms with van der Waals surface area (Å²) in [7, 11) is 0. The average molecular weight is 225 g/mol. The molecule has 0 fully saturated rings. The third kappa shape index (κ3) is 3.24. The number of benzene rings is 1. The lowest BCUT2D eigenvalue weighted by molar-refractivity contribution is 0.112. The van der Waals surface area contributed by atoms with E-state index in [1.807, 2.05) is 0 Å². The van der Waals surface area contributed by atoms with Crippen molar-refractivity contribution in [3.8, 4) is 0 Å². The lowest BCUT2D eigenvalue weighted by Crippen LogP contribution is -2.04. The molecule has 2 nitrogen and oxygen atoms in total. The van der Waals surface area contributed by atoms with Gasteiger partial charge in [-0.15, -0.1) is 0 Å². The third-order valence-corrected chi connectivity index (χ3v) is 2.35. The minimum absolute atomic E-state index is 0.130. The number of carbonyl (C=O) groups excluding carboxylic acids is 1. The molecule has 0 unspecified atom stereocenters. The number of hydrogen-bond acceptors (Lipinski definition) is 2. The molecule has 0 saturated heterocycles. The second kappa shape index (κ2) is 6.12. The molecule has 0 bridgehead atoms. The fraction of sp³-hybridized carbons (Fsp3) is 0.250. The van der Waals surface area contributed by atoms with Crippen molar-refractivity contribution in [2.75, 3.05) is 6.54 Å². The maximum absolute atomic E-state index is 13.4. The first-order valence-corrected chi connectivity index (χ1v) is 4.93. The number of rotatable bonds is 5. The van der Waals surface area contributed by atoms with E-state index >= 15 is 0 Å².